The fraction of sp³-hybridized carbons (Fsp3) is 0.400. The topological polar surface area (TPSA) is 127 Å². The third-order valence-corrected chi connectivity index (χ3v) is 6.03. The molecule has 11 heteroatoms. The number of rotatable bonds is 6. The maximum Gasteiger partial charge on any atom is 0.410 e. The van der Waals surface area contributed by atoms with Crippen molar-refractivity contribution in [3.63, 3.8) is 0 Å². The van der Waals surface area contributed by atoms with Crippen molar-refractivity contribution in [1.29, 1.82) is 0 Å². The first-order chi connectivity index (χ1) is 14.8. The summed E-state index contributed by atoms with van der Waals surface area (Å²) in [5, 5.41) is 7.81. The van der Waals surface area contributed by atoms with Gasteiger partial charge in [0.1, 0.15) is 23.4 Å². The lowest BCUT2D eigenvalue weighted by Crippen LogP contribution is -2.43. The van der Waals surface area contributed by atoms with E-state index in [4.69, 9.17) is 22.1 Å². The van der Waals surface area contributed by atoms with Gasteiger partial charge in [-0.1, -0.05) is 23.7 Å². The lowest BCUT2D eigenvalue weighted by atomic mass is 10.2. The first-order valence-electron chi connectivity index (χ1n) is 9.69. The van der Waals surface area contributed by atoms with Crippen molar-refractivity contribution in [3.05, 3.63) is 50.9 Å². The SMILES string of the molecule is CNC(=O)C(C)NC(=O)c1csc([C@@H]2C[C@@H](N)CN2C(=O)OCc2cccc(Cl)c2)n1. The van der Waals surface area contributed by atoms with Crippen molar-refractivity contribution in [1.82, 2.24) is 20.5 Å². The second-order valence-electron chi connectivity index (χ2n) is 7.23. The number of ether oxygens (including phenoxy) is 1. The highest BCUT2D eigenvalue weighted by Gasteiger charge is 2.37. The van der Waals surface area contributed by atoms with Crippen molar-refractivity contribution in [2.45, 2.75) is 38.1 Å². The lowest BCUT2D eigenvalue weighted by Gasteiger charge is -2.22. The molecule has 1 aliphatic rings. The van der Waals surface area contributed by atoms with Crippen LogP contribution in [-0.4, -0.2) is 53.5 Å². The smallest absolute Gasteiger partial charge is 0.410 e. The minimum absolute atomic E-state index is 0.0841. The largest absolute Gasteiger partial charge is 0.445 e. The fourth-order valence-corrected chi connectivity index (χ4v) is 4.39. The maximum absolute atomic E-state index is 12.7. The number of carbonyl (C=O) groups is 3. The Bertz CT molecular complexity index is 969. The van der Waals surface area contributed by atoms with E-state index in [0.29, 0.717) is 23.0 Å². The Morgan fingerprint density at radius 3 is 2.90 bits per heavy atom. The predicted molar refractivity (Wildman–Crippen MR) is 117 cm³/mol. The molecule has 9 nitrogen and oxygen atoms in total. The van der Waals surface area contributed by atoms with Crippen LogP contribution >= 0.6 is 22.9 Å². The Morgan fingerprint density at radius 1 is 1.42 bits per heavy atom. The van der Waals surface area contributed by atoms with Gasteiger partial charge in [-0.05, 0) is 31.0 Å². The number of thiazole rings is 1. The highest BCUT2D eigenvalue weighted by molar-refractivity contribution is 7.09. The molecular formula is C20H24ClN5O4S. The molecule has 2 heterocycles. The minimum atomic E-state index is -0.694. The van der Waals surface area contributed by atoms with Crippen molar-refractivity contribution in [2.75, 3.05) is 13.6 Å². The molecule has 166 valence electrons. The second kappa shape index (κ2) is 10.1. The number of aromatic nitrogens is 1. The third-order valence-electron chi connectivity index (χ3n) is 4.85. The van der Waals surface area contributed by atoms with Gasteiger partial charge in [-0.25, -0.2) is 9.78 Å². The zero-order valence-electron chi connectivity index (χ0n) is 17.1. The van der Waals surface area contributed by atoms with E-state index >= 15 is 0 Å². The van der Waals surface area contributed by atoms with Crippen LogP contribution in [0.15, 0.2) is 29.6 Å². The van der Waals surface area contributed by atoms with E-state index in [-0.39, 0.29) is 30.3 Å². The van der Waals surface area contributed by atoms with E-state index in [2.05, 4.69) is 15.6 Å². The molecule has 1 fully saturated rings. The molecule has 0 bridgehead atoms. The summed E-state index contributed by atoms with van der Waals surface area (Å²) < 4.78 is 5.44. The summed E-state index contributed by atoms with van der Waals surface area (Å²) in [5.74, 6) is -0.768. The Balaban J connectivity index is 1.66. The molecule has 0 saturated carbocycles. The van der Waals surface area contributed by atoms with Gasteiger partial charge in [0.25, 0.3) is 5.91 Å². The first kappa shape index (κ1) is 23.0. The summed E-state index contributed by atoms with van der Waals surface area (Å²) in [4.78, 5) is 42.6. The normalized spacial score (nSPS) is 19.0. The average molecular weight is 466 g/mol. The fourth-order valence-electron chi connectivity index (χ4n) is 3.26. The molecule has 1 unspecified atom stereocenters. The van der Waals surface area contributed by atoms with E-state index in [1.807, 2.05) is 6.07 Å². The van der Waals surface area contributed by atoms with E-state index in [1.54, 1.807) is 30.5 Å². The van der Waals surface area contributed by atoms with Crippen LogP contribution in [0.1, 0.15) is 40.4 Å². The summed E-state index contributed by atoms with van der Waals surface area (Å²) in [6, 6.07) is 5.77. The summed E-state index contributed by atoms with van der Waals surface area (Å²) in [5.41, 5.74) is 7.05. The van der Waals surface area contributed by atoms with Crippen LogP contribution in [0.5, 0.6) is 0 Å². The molecular weight excluding hydrogens is 442 g/mol. The molecule has 0 aliphatic carbocycles. The predicted octanol–water partition coefficient (Wildman–Crippen LogP) is 2.07. The number of halogens is 1. The zero-order valence-corrected chi connectivity index (χ0v) is 18.7. The number of amides is 3. The number of hydrogen-bond acceptors (Lipinski definition) is 7. The third kappa shape index (κ3) is 5.72. The first-order valence-corrected chi connectivity index (χ1v) is 11.0. The number of nitrogens with one attached hydrogen (secondary N) is 2. The molecule has 3 rings (SSSR count). The van der Waals surface area contributed by atoms with Gasteiger partial charge in [-0.15, -0.1) is 11.3 Å². The summed E-state index contributed by atoms with van der Waals surface area (Å²) in [6.07, 6.45) is 0.00234. The van der Waals surface area contributed by atoms with Crippen LogP contribution in [0.25, 0.3) is 0 Å². The maximum atomic E-state index is 12.7. The number of nitrogens with zero attached hydrogens (tertiary/aromatic N) is 2. The summed E-state index contributed by atoms with van der Waals surface area (Å²) in [7, 11) is 1.50. The Morgan fingerprint density at radius 2 is 2.19 bits per heavy atom. The van der Waals surface area contributed by atoms with E-state index in [9.17, 15) is 14.4 Å². The van der Waals surface area contributed by atoms with E-state index in [1.165, 1.54) is 23.3 Å². The average Bonchev–Trinajstić information content (AvgIpc) is 3.38. The van der Waals surface area contributed by atoms with Crippen molar-refractivity contribution in [3.8, 4) is 0 Å². The number of benzene rings is 1. The Kier molecular flexibility index (Phi) is 7.47. The standard InChI is InChI=1S/C20H24ClN5O4S/c1-11(17(27)23-2)24-18(28)15-10-31-19(25-15)16-7-14(22)8-26(16)20(29)30-9-12-4-3-5-13(21)6-12/h3-6,10-11,14,16H,7-9,22H2,1-2H3,(H,23,27)(H,24,28)/t11?,14-,16+/m1/s1. The van der Waals surface area contributed by atoms with Crippen LogP contribution in [0.3, 0.4) is 0 Å². The van der Waals surface area contributed by atoms with Gasteiger partial charge >= 0.3 is 6.09 Å². The number of likely N-dealkylation sites (N-methyl/N-ethyl adjacent to an activating group) is 1. The molecule has 4 N–H and O–H groups in total. The second-order valence-corrected chi connectivity index (χ2v) is 8.55. The highest BCUT2D eigenvalue weighted by Crippen LogP contribution is 2.34. The van der Waals surface area contributed by atoms with Crippen molar-refractivity contribution < 1.29 is 19.1 Å². The Labute approximate surface area is 188 Å². The molecule has 0 spiro atoms. The number of likely N-dealkylation sites (tertiary alicyclic amines) is 1. The zero-order chi connectivity index (χ0) is 22.5. The number of carbonyl (C=O) groups excluding carboxylic acids is 3. The highest BCUT2D eigenvalue weighted by atomic mass is 35.5. The van der Waals surface area contributed by atoms with Crippen LogP contribution < -0.4 is 16.4 Å². The van der Waals surface area contributed by atoms with E-state index < -0.39 is 18.0 Å². The minimum Gasteiger partial charge on any atom is -0.445 e. The van der Waals surface area contributed by atoms with Crippen molar-refractivity contribution in [2.24, 2.45) is 5.73 Å². The molecule has 1 aromatic heterocycles. The monoisotopic (exact) mass is 465 g/mol. The van der Waals surface area contributed by atoms with Crippen LogP contribution in [0.4, 0.5) is 4.79 Å². The molecule has 1 aromatic carbocycles. The number of hydrogen-bond donors (Lipinski definition) is 3. The van der Waals surface area contributed by atoms with Gasteiger partial charge in [-0.2, -0.15) is 0 Å². The number of nitrogens with two attached hydrogens (primary N) is 1. The van der Waals surface area contributed by atoms with E-state index in [0.717, 1.165) is 5.56 Å². The van der Waals surface area contributed by atoms with Gasteiger partial charge in [-0.3, -0.25) is 14.5 Å². The lowest BCUT2D eigenvalue weighted by molar-refractivity contribution is -0.122. The Hall–Kier alpha value is -2.69. The quantitative estimate of drug-likeness (QED) is 0.599. The molecule has 31 heavy (non-hydrogen) atoms. The molecule has 0 radical (unpaired) electrons. The van der Waals surface area contributed by atoms with Gasteiger partial charge < -0.3 is 21.1 Å². The molecule has 1 aliphatic heterocycles. The van der Waals surface area contributed by atoms with Crippen LogP contribution in [-0.2, 0) is 16.1 Å². The van der Waals surface area contributed by atoms with Gasteiger partial charge in [0.15, 0.2) is 0 Å². The summed E-state index contributed by atoms with van der Waals surface area (Å²) in [6.45, 7) is 1.99. The van der Waals surface area contributed by atoms with Crippen LogP contribution in [0, 0.1) is 0 Å². The summed E-state index contributed by atoms with van der Waals surface area (Å²) >= 11 is 7.23. The van der Waals surface area contributed by atoms with Crippen LogP contribution in [0.2, 0.25) is 5.02 Å². The van der Waals surface area contributed by atoms with Gasteiger partial charge in [0.05, 0.1) is 6.04 Å². The molecule has 2 aromatic rings. The van der Waals surface area contributed by atoms with Gasteiger partial charge in [0, 0.05) is 30.0 Å². The van der Waals surface area contributed by atoms with Crippen molar-refractivity contribution >= 4 is 40.8 Å². The molecule has 3 atom stereocenters. The molecule has 1 saturated heterocycles. The molecule has 3 amide bonds. The van der Waals surface area contributed by atoms with Gasteiger partial charge in [0.2, 0.25) is 5.91 Å².